The van der Waals surface area contributed by atoms with Crippen LogP contribution in [0, 0.1) is 11.6 Å². The number of nitrogens with one attached hydrogen (secondary N) is 1. The lowest BCUT2D eigenvalue weighted by Gasteiger charge is -2.11. The number of para-hydroxylation sites is 2. The molecule has 0 aliphatic rings. The Morgan fingerprint density at radius 3 is 2.85 bits per heavy atom. The molecule has 2 aromatic carbocycles. The molecule has 3 rings (SSSR count). The number of aromatic nitrogens is 2. The van der Waals surface area contributed by atoms with E-state index in [1.807, 2.05) is 24.3 Å². The summed E-state index contributed by atoms with van der Waals surface area (Å²) in [6.07, 6.45) is 3.38. The number of methoxy groups -OCH3 is 1. The highest BCUT2D eigenvalue weighted by molar-refractivity contribution is 7.99. The van der Waals surface area contributed by atoms with E-state index in [1.165, 1.54) is 17.8 Å². The standard InChI is InChI=1S/C18H15F2N3O2S/c1-25-16-5-3-2-4-15(16)23-9-8-21-18(23)26-11-17(24)22-14-7-6-12(19)10-13(14)20/h2-10H,11H2,1H3,(H,22,24). The van der Waals surface area contributed by atoms with Gasteiger partial charge >= 0.3 is 0 Å². The Balaban J connectivity index is 1.69. The number of ether oxygens (including phenoxy) is 1. The second-order valence-electron chi connectivity index (χ2n) is 5.21. The van der Waals surface area contributed by atoms with E-state index in [4.69, 9.17) is 4.74 Å². The molecule has 0 spiro atoms. The molecule has 134 valence electrons. The lowest BCUT2D eigenvalue weighted by Crippen LogP contribution is -2.15. The highest BCUT2D eigenvalue weighted by Gasteiger charge is 2.13. The summed E-state index contributed by atoms with van der Waals surface area (Å²) >= 11 is 1.19. The molecule has 0 unspecified atom stereocenters. The molecule has 1 heterocycles. The molecule has 0 fully saturated rings. The van der Waals surface area contributed by atoms with Gasteiger partial charge in [-0.25, -0.2) is 13.8 Å². The number of carbonyl (C=O) groups excluding carboxylic acids is 1. The average Bonchev–Trinajstić information content (AvgIpc) is 3.10. The van der Waals surface area contributed by atoms with E-state index in [0.29, 0.717) is 10.9 Å². The molecule has 0 radical (unpaired) electrons. The van der Waals surface area contributed by atoms with Crippen molar-refractivity contribution in [2.75, 3.05) is 18.2 Å². The van der Waals surface area contributed by atoms with Crippen LogP contribution in [0.25, 0.3) is 5.69 Å². The maximum atomic E-state index is 13.6. The lowest BCUT2D eigenvalue weighted by atomic mass is 10.3. The van der Waals surface area contributed by atoms with Crippen LogP contribution in [0.2, 0.25) is 0 Å². The van der Waals surface area contributed by atoms with Gasteiger partial charge in [-0.3, -0.25) is 9.36 Å². The van der Waals surface area contributed by atoms with E-state index in [-0.39, 0.29) is 11.4 Å². The Hall–Kier alpha value is -2.87. The summed E-state index contributed by atoms with van der Waals surface area (Å²) in [5, 5.41) is 3.01. The fourth-order valence-corrected chi connectivity index (χ4v) is 3.08. The SMILES string of the molecule is COc1ccccc1-n1ccnc1SCC(=O)Nc1ccc(F)cc1F. The molecule has 5 nitrogen and oxygen atoms in total. The molecule has 1 N–H and O–H groups in total. The second-order valence-corrected chi connectivity index (χ2v) is 6.16. The fraction of sp³-hybridized carbons (Fsp3) is 0.111. The predicted molar refractivity (Wildman–Crippen MR) is 95.8 cm³/mol. The molecule has 8 heteroatoms. The Kier molecular flexibility index (Phi) is 5.52. The minimum absolute atomic E-state index is 0.0168. The van der Waals surface area contributed by atoms with Crippen molar-refractivity contribution in [2.45, 2.75) is 5.16 Å². The van der Waals surface area contributed by atoms with Gasteiger partial charge in [-0.05, 0) is 24.3 Å². The maximum absolute atomic E-state index is 13.6. The third kappa shape index (κ3) is 4.02. The molecule has 0 aliphatic heterocycles. The van der Waals surface area contributed by atoms with E-state index >= 15 is 0 Å². The minimum Gasteiger partial charge on any atom is -0.495 e. The zero-order chi connectivity index (χ0) is 18.5. The lowest BCUT2D eigenvalue weighted by molar-refractivity contribution is -0.113. The van der Waals surface area contributed by atoms with Crippen molar-refractivity contribution in [1.82, 2.24) is 9.55 Å². The molecule has 0 aliphatic carbocycles. The van der Waals surface area contributed by atoms with Crippen molar-refractivity contribution in [2.24, 2.45) is 0 Å². The summed E-state index contributed by atoms with van der Waals surface area (Å²) in [5.74, 6) is -1.25. The average molecular weight is 375 g/mol. The number of nitrogens with zero attached hydrogens (tertiary/aromatic N) is 2. The van der Waals surface area contributed by atoms with E-state index in [9.17, 15) is 13.6 Å². The van der Waals surface area contributed by atoms with Crippen LogP contribution in [0.1, 0.15) is 0 Å². The van der Waals surface area contributed by atoms with Gasteiger partial charge in [-0.15, -0.1) is 0 Å². The monoisotopic (exact) mass is 375 g/mol. The zero-order valence-corrected chi connectivity index (χ0v) is 14.6. The Bertz CT molecular complexity index is 930. The fourth-order valence-electron chi connectivity index (χ4n) is 2.32. The number of anilines is 1. The van der Waals surface area contributed by atoms with Crippen LogP contribution >= 0.6 is 11.8 Å². The molecule has 0 bridgehead atoms. The van der Waals surface area contributed by atoms with Gasteiger partial charge in [0.2, 0.25) is 5.91 Å². The number of halogens is 2. The predicted octanol–water partition coefficient (Wildman–Crippen LogP) is 3.89. The third-order valence-electron chi connectivity index (χ3n) is 3.49. The van der Waals surface area contributed by atoms with Crippen LogP contribution in [0.4, 0.5) is 14.5 Å². The van der Waals surface area contributed by atoms with Gasteiger partial charge in [0, 0.05) is 18.5 Å². The van der Waals surface area contributed by atoms with Gasteiger partial charge in [0.1, 0.15) is 17.4 Å². The van der Waals surface area contributed by atoms with Crippen molar-refractivity contribution in [3.8, 4) is 11.4 Å². The summed E-state index contributed by atoms with van der Waals surface area (Å²) in [5.41, 5.74) is 0.727. The zero-order valence-electron chi connectivity index (χ0n) is 13.8. The molecule has 0 saturated carbocycles. The number of hydrogen-bond acceptors (Lipinski definition) is 4. The summed E-state index contributed by atoms with van der Waals surface area (Å²) in [4.78, 5) is 16.3. The van der Waals surface area contributed by atoms with Gasteiger partial charge in [0.05, 0.1) is 24.2 Å². The van der Waals surface area contributed by atoms with E-state index in [1.54, 1.807) is 24.1 Å². The first-order valence-corrected chi connectivity index (χ1v) is 8.61. The highest BCUT2D eigenvalue weighted by atomic mass is 32.2. The number of hydrogen-bond donors (Lipinski definition) is 1. The van der Waals surface area contributed by atoms with E-state index < -0.39 is 17.5 Å². The van der Waals surface area contributed by atoms with Crippen LogP contribution in [-0.4, -0.2) is 28.3 Å². The van der Waals surface area contributed by atoms with Crippen LogP contribution in [0.5, 0.6) is 5.75 Å². The van der Waals surface area contributed by atoms with Crippen LogP contribution in [0.15, 0.2) is 60.0 Å². The van der Waals surface area contributed by atoms with Gasteiger partial charge in [0.25, 0.3) is 0 Å². The molecule has 0 atom stereocenters. The topological polar surface area (TPSA) is 56.2 Å². The van der Waals surface area contributed by atoms with E-state index in [0.717, 1.165) is 17.8 Å². The molecule has 1 amide bonds. The number of imidazole rings is 1. The summed E-state index contributed by atoms with van der Waals surface area (Å²) in [7, 11) is 1.58. The first-order valence-electron chi connectivity index (χ1n) is 7.63. The highest BCUT2D eigenvalue weighted by Crippen LogP contribution is 2.27. The van der Waals surface area contributed by atoms with Crippen LogP contribution in [0.3, 0.4) is 0 Å². The number of amides is 1. The Morgan fingerprint density at radius 2 is 2.08 bits per heavy atom. The number of thioether (sulfide) groups is 1. The Morgan fingerprint density at radius 1 is 1.27 bits per heavy atom. The first-order chi connectivity index (χ1) is 12.6. The number of carbonyl (C=O) groups is 1. The van der Waals surface area contributed by atoms with Crippen molar-refractivity contribution in [1.29, 1.82) is 0 Å². The normalized spacial score (nSPS) is 10.6. The largest absolute Gasteiger partial charge is 0.495 e. The maximum Gasteiger partial charge on any atom is 0.234 e. The minimum atomic E-state index is -0.820. The molecule has 0 saturated heterocycles. The first kappa shape index (κ1) is 17.9. The van der Waals surface area contributed by atoms with Crippen molar-refractivity contribution in [3.63, 3.8) is 0 Å². The van der Waals surface area contributed by atoms with Crippen molar-refractivity contribution >= 4 is 23.4 Å². The molecule has 26 heavy (non-hydrogen) atoms. The van der Waals surface area contributed by atoms with Gasteiger partial charge in [-0.1, -0.05) is 23.9 Å². The number of rotatable bonds is 6. The third-order valence-corrected chi connectivity index (χ3v) is 4.46. The molecule has 3 aromatic rings. The quantitative estimate of drug-likeness (QED) is 0.664. The summed E-state index contributed by atoms with van der Waals surface area (Å²) < 4.78 is 33.7. The molecule has 1 aromatic heterocycles. The van der Waals surface area contributed by atoms with Crippen LogP contribution in [-0.2, 0) is 4.79 Å². The summed E-state index contributed by atoms with van der Waals surface area (Å²) in [6, 6.07) is 10.4. The van der Waals surface area contributed by atoms with Crippen molar-refractivity contribution in [3.05, 3.63) is 66.5 Å². The Labute approximate surface area is 153 Å². The van der Waals surface area contributed by atoms with Gasteiger partial charge in [-0.2, -0.15) is 0 Å². The van der Waals surface area contributed by atoms with Crippen LogP contribution < -0.4 is 10.1 Å². The second kappa shape index (κ2) is 8.01. The van der Waals surface area contributed by atoms with Crippen molar-refractivity contribution < 1.29 is 18.3 Å². The van der Waals surface area contributed by atoms with Gasteiger partial charge < -0.3 is 10.1 Å². The smallest absolute Gasteiger partial charge is 0.234 e. The molecular weight excluding hydrogens is 360 g/mol. The molecular formula is C18H15F2N3O2S. The number of benzene rings is 2. The van der Waals surface area contributed by atoms with E-state index in [2.05, 4.69) is 10.3 Å². The van der Waals surface area contributed by atoms with Gasteiger partial charge in [0.15, 0.2) is 5.16 Å². The summed E-state index contributed by atoms with van der Waals surface area (Å²) in [6.45, 7) is 0.